The monoisotopic (exact) mass is 562 g/mol. The highest BCUT2D eigenvalue weighted by Gasteiger charge is 2.58. The maximum absolute atomic E-state index is 9.88. The quantitative estimate of drug-likeness (QED) is 0.218. The molecule has 8 rings (SSSR count). The lowest BCUT2D eigenvalue weighted by Crippen LogP contribution is -2.59. The molecule has 9 heteroatoms. The molecule has 0 spiro atoms. The average molecular weight is 563 g/mol. The maximum Gasteiger partial charge on any atom is 0.110 e. The van der Waals surface area contributed by atoms with E-state index >= 15 is 0 Å². The van der Waals surface area contributed by atoms with Gasteiger partial charge in [0.25, 0.3) is 0 Å². The number of hydrogen-bond donors (Lipinski definition) is 2. The predicted molar refractivity (Wildman–Crippen MR) is 162 cm³/mol. The van der Waals surface area contributed by atoms with Crippen molar-refractivity contribution in [3.63, 3.8) is 0 Å². The molecule has 1 atom stereocenters. The summed E-state index contributed by atoms with van der Waals surface area (Å²) in [5.41, 5.74) is 4.73. The molecule has 2 N–H and O–H groups in total. The molecular weight excluding hydrogens is 532 g/mol. The summed E-state index contributed by atoms with van der Waals surface area (Å²) in [5, 5.41) is 29.8. The van der Waals surface area contributed by atoms with Gasteiger partial charge in [-0.15, -0.1) is 5.10 Å². The molecule has 41 heavy (non-hydrogen) atoms. The van der Waals surface area contributed by atoms with Crippen LogP contribution in [0.5, 0.6) is 0 Å². The molecule has 3 fully saturated rings. The molecule has 0 amide bonds. The number of rotatable bonds is 7. The van der Waals surface area contributed by atoms with Gasteiger partial charge < -0.3 is 10.6 Å². The summed E-state index contributed by atoms with van der Waals surface area (Å²) in [6.07, 6.45) is 10.9. The van der Waals surface area contributed by atoms with Crippen molar-refractivity contribution < 1.29 is 0 Å². The van der Waals surface area contributed by atoms with E-state index in [0.29, 0.717) is 22.6 Å². The Morgan fingerprint density at radius 3 is 2.71 bits per heavy atom. The largest absolute Gasteiger partial charge is 0.383 e. The molecular formula is C32H31ClN8. The summed E-state index contributed by atoms with van der Waals surface area (Å²) >= 11 is 6.83. The standard InChI is InChI=1S/C32H31ClN8/c1-31(2,3)18-37-28-21(14-34)16-36-29-25(28)9-22(10-26(29)33)38-30(24-6-4-5-20-15-35-8-7-23(20)24)27-17-41(40-39-27)32-11-19(12-32)13-32/h4-10,15-17,19,30,38H,11-13,18H2,1-3H3,(H,36,37)/t19?,30-,32?/m0/s1. The highest BCUT2D eigenvalue weighted by molar-refractivity contribution is 6.35. The molecule has 2 bridgehead atoms. The molecule has 3 aromatic heterocycles. The van der Waals surface area contributed by atoms with Gasteiger partial charge >= 0.3 is 0 Å². The van der Waals surface area contributed by atoms with Crippen LogP contribution in [-0.2, 0) is 5.54 Å². The minimum atomic E-state index is -0.297. The average Bonchev–Trinajstić information content (AvgIpc) is 3.37. The first-order chi connectivity index (χ1) is 19.7. The summed E-state index contributed by atoms with van der Waals surface area (Å²) in [6.45, 7) is 7.15. The number of benzene rings is 2. The van der Waals surface area contributed by atoms with Crippen LogP contribution in [0, 0.1) is 22.7 Å². The van der Waals surface area contributed by atoms with Gasteiger partial charge in [-0.25, -0.2) is 4.68 Å². The zero-order chi connectivity index (χ0) is 28.4. The third-order valence-corrected chi connectivity index (χ3v) is 8.76. The molecule has 3 aliphatic rings. The minimum absolute atomic E-state index is 0.0164. The number of halogens is 1. The van der Waals surface area contributed by atoms with Crippen LogP contribution >= 0.6 is 11.6 Å². The van der Waals surface area contributed by atoms with Crippen LogP contribution in [0.15, 0.2) is 61.2 Å². The third-order valence-electron chi connectivity index (χ3n) is 8.48. The summed E-state index contributed by atoms with van der Waals surface area (Å²) in [7, 11) is 0. The fourth-order valence-electron chi connectivity index (χ4n) is 6.20. The van der Waals surface area contributed by atoms with E-state index in [1.807, 2.05) is 36.7 Å². The first kappa shape index (κ1) is 25.7. The minimum Gasteiger partial charge on any atom is -0.383 e. The summed E-state index contributed by atoms with van der Waals surface area (Å²) in [6, 6.07) is 14.2. The van der Waals surface area contributed by atoms with Crippen LogP contribution in [0.1, 0.15) is 62.9 Å². The highest BCUT2D eigenvalue weighted by Crippen LogP contribution is 2.62. The van der Waals surface area contributed by atoms with Crippen molar-refractivity contribution in [1.29, 1.82) is 5.26 Å². The first-order valence-corrected chi connectivity index (χ1v) is 14.4. The second kappa shape index (κ2) is 9.42. The van der Waals surface area contributed by atoms with Crippen LogP contribution in [-0.4, -0.2) is 31.5 Å². The number of fused-ring (bicyclic) bond motifs is 2. The highest BCUT2D eigenvalue weighted by atomic mass is 35.5. The third kappa shape index (κ3) is 4.45. The smallest absolute Gasteiger partial charge is 0.110 e. The van der Waals surface area contributed by atoms with Gasteiger partial charge in [-0.1, -0.05) is 55.8 Å². The van der Waals surface area contributed by atoms with Gasteiger partial charge in [0.15, 0.2) is 0 Å². The Hall–Kier alpha value is -4.22. The van der Waals surface area contributed by atoms with E-state index in [9.17, 15) is 5.26 Å². The molecule has 0 aliphatic heterocycles. The van der Waals surface area contributed by atoms with E-state index in [1.54, 1.807) is 6.20 Å². The van der Waals surface area contributed by atoms with Crippen molar-refractivity contribution in [1.82, 2.24) is 25.0 Å². The molecule has 5 aromatic rings. The molecule has 206 valence electrons. The van der Waals surface area contributed by atoms with E-state index in [2.05, 4.69) is 80.8 Å². The van der Waals surface area contributed by atoms with Crippen LogP contribution in [0.25, 0.3) is 21.7 Å². The Labute approximate surface area is 243 Å². The lowest BCUT2D eigenvalue weighted by Gasteiger charge is -2.61. The van der Waals surface area contributed by atoms with E-state index in [-0.39, 0.29) is 17.0 Å². The van der Waals surface area contributed by atoms with E-state index in [1.165, 1.54) is 19.3 Å². The predicted octanol–water partition coefficient (Wildman–Crippen LogP) is 7.07. The SMILES string of the molecule is CC(C)(C)CNc1c(C#N)cnc2c(Cl)cc(N[C@H](c3cn(C45CC(C4)C5)nn3)c3cccc4cnccc34)cc12. The van der Waals surface area contributed by atoms with Crippen LogP contribution < -0.4 is 10.6 Å². The van der Waals surface area contributed by atoms with Gasteiger partial charge in [0, 0.05) is 41.6 Å². The maximum atomic E-state index is 9.88. The van der Waals surface area contributed by atoms with Crippen LogP contribution in [0.2, 0.25) is 5.02 Å². The first-order valence-electron chi connectivity index (χ1n) is 14.0. The van der Waals surface area contributed by atoms with Crippen LogP contribution in [0.3, 0.4) is 0 Å². The number of nitriles is 1. The van der Waals surface area contributed by atoms with E-state index < -0.39 is 0 Å². The number of nitrogens with one attached hydrogen (secondary N) is 2. The molecule has 3 heterocycles. The fourth-order valence-corrected chi connectivity index (χ4v) is 6.47. The topological polar surface area (TPSA) is 104 Å². The lowest BCUT2D eigenvalue weighted by atomic mass is 9.50. The number of aromatic nitrogens is 5. The second-order valence-corrected chi connectivity index (χ2v) is 13.1. The zero-order valence-corrected chi connectivity index (χ0v) is 24.1. The van der Waals surface area contributed by atoms with E-state index in [0.717, 1.165) is 44.7 Å². The second-order valence-electron chi connectivity index (χ2n) is 12.7. The zero-order valence-electron chi connectivity index (χ0n) is 23.3. The number of pyridine rings is 2. The number of anilines is 2. The van der Waals surface area contributed by atoms with Crippen LogP contribution in [0.4, 0.5) is 11.4 Å². The summed E-state index contributed by atoms with van der Waals surface area (Å²) in [5.74, 6) is 0.842. The van der Waals surface area contributed by atoms with Gasteiger partial charge in [-0.2, -0.15) is 5.26 Å². The molecule has 3 saturated carbocycles. The van der Waals surface area contributed by atoms with Crippen molar-refractivity contribution in [3.05, 3.63) is 83.0 Å². The van der Waals surface area contributed by atoms with Crippen molar-refractivity contribution >= 4 is 44.7 Å². The van der Waals surface area contributed by atoms with Crippen molar-refractivity contribution in [2.24, 2.45) is 11.3 Å². The Morgan fingerprint density at radius 2 is 1.98 bits per heavy atom. The molecule has 2 aromatic carbocycles. The fraction of sp³-hybridized carbons (Fsp3) is 0.344. The Balaban J connectivity index is 1.34. The van der Waals surface area contributed by atoms with Crippen molar-refractivity contribution in [2.75, 3.05) is 17.2 Å². The lowest BCUT2D eigenvalue weighted by molar-refractivity contribution is -0.0989. The Morgan fingerprint density at radius 1 is 1.15 bits per heavy atom. The number of hydrogen-bond acceptors (Lipinski definition) is 7. The van der Waals surface area contributed by atoms with Crippen molar-refractivity contribution in [2.45, 2.75) is 51.6 Å². The summed E-state index contributed by atoms with van der Waals surface area (Å²) < 4.78 is 2.08. The molecule has 8 nitrogen and oxygen atoms in total. The van der Waals surface area contributed by atoms with Gasteiger partial charge in [-0.05, 0) is 59.7 Å². The van der Waals surface area contributed by atoms with Gasteiger partial charge in [0.1, 0.15) is 11.8 Å². The van der Waals surface area contributed by atoms with Gasteiger partial charge in [-0.3, -0.25) is 9.97 Å². The number of nitrogens with zero attached hydrogens (tertiary/aromatic N) is 6. The Kier molecular flexibility index (Phi) is 5.91. The Bertz CT molecular complexity index is 1820. The van der Waals surface area contributed by atoms with E-state index in [4.69, 9.17) is 11.6 Å². The van der Waals surface area contributed by atoms with Crippen molar-refractivity contribution in [3.8, 4) is 6.07 Å². The molecule has 0 radical (unpaired) electrons. The molecule has 3 aliphatic carbocycles. The van der Waals surface area contributed by atoms with Gasteiger partial charge in [0.05, 0.1) is 39.6 Å². The van der Waals surface area contributed by atoms with Gasteiger partial charge in [0.2, 0.25) is 0 Å². The summed E-state index contributed by atoms with van der Waals surface area (Å²) in [4.78, 5) is 8.86. The molecule has 0 saturated heterocycles. The molecule has 0 unspecified atom stereocenters. The normalized spacial score (nSPS) is 20.2.